The third-order valence-corrected chi connectivity index (χ3v) is 5.75. The summed E-state index contributed by atoms with van der Waals surface area (Å²) in [6.45, 7) is 0. The molecule has 0 spiro atoms. The highest BCUT2D eigenvalue weighted by atomic mass is 35.5. The van der Waals surface area contributed by atoms with Crippen molar-refractivity contribution in [1.29, 1.82) is 0 Å². The lowest BCUT2D eigenvalue weighted by Gasteiger charge is -2.19. The van der Waals surface area contributed by atoms with Crippen LogP contribution in [0.3, 0.4) is 0 Å². The summed E-state index contributed by atoms with van der Waals surface area (Å²) < 4.78 is 25.3. The number of carbonyl (C=O) groups excluding carboxylic acids is 1. The third-order valence-electron chi connectivity index (χ3n) is 3.88. The Kier molecular flexibility index (Phi) is 6.30. The smallest absolute Gasteiger partial charge is 0.252 e. The molecule has 2 aromatic carbocycles. The molecule has 0 fully saturated rings. The highest BCUT2D eigenvalue weighted by Crippen LogP contribution is 2.27. The molecule has 0 aliphatic carbocycles. The summed E-state index contributed by atoms with van der Waals surface area (Å²) in [6, 6.07) is 13.2. The number of sulfonamides is 1. The molecule has 9 heteroatoms. The van der Waals surface area contributed by atoms with Gasteiger partial charge in [0.25, 0.3) is 5.91 Å². The van der Waals surface area contributed by atoms with Crippen molar-refractivity contribution in [2.45, 2.75) is 6.04 Å². The van der Waals surface area contributed by atoms with Crippen LogP contribution in [0.1, 0.15) is 27.5 Å². The molecular formula is C19H16Cl2N2O3S2. The minimum absolute atomic E-state index is 0.149. The van der Waals surface area contributed by atoms with Crippen molar-refractivity contribution in [3.05, 3.63) is 86.0 Å². The zero-order valence-electron chi connectivity index (χ0n) is 14.6. The maximum absolute atomic E-state index is 12.9. The van der Waals surface area contributed by atoms with E-state index >= 15 is 0 Å². The van der Waals surface area contributed by atoms with Gasteiger partial charge in [-0.05, 0) is 58.3 Å². The van der Waals surface area contributed by atoms with Crippen LogP contribution in [0.25, 0.3) is 0 Å². The molecule has 1 heterocycles. The van der Waals surface area contributed by atoms with E-state index < -0.39 is 10.0 Å². The summed E-state index contributed by atoms with van der Waals surface area (Å²) in [6.07, 6.45) is 1.02. The van der Waals surface area contributed by atoms with Crippen LogP contribution in [0.4, 0.5) is 5.69 Å². The third kappa shape index (κ3) is 5.26. The molecule has 1 atom stereocenters. The normalized spacial score (nSPS) is 12.4. The second kappa shape index (κ2) is 8.53. The van der Waals surface area contributed by atoms with Gasteiger partial charge in [-0.2, -0.15) is 11.3 Å². The molecule has 0 bridgehead atoms. The molecule has 1 amide bonds. The lowest BCUT2D eigenvalue weighted by molar-refractivity contribution is 0.0943. The molecule has 1 aromatic heterocycles. The van der Waals surface area contributed by atoms with E-state index in [1.54, 1.807) is 12.1 Å². The first kappa shape index (κ1) is 20.7. The topological polar surface area (TPSA) is 75.3 Å². The Balaban J connectivity index is 1.90. The van der Waals surface area contributed by atoms with Crippen molar-refractivity contribution in [3.63, 3.8) is 0 Å². The summed E-state index contributed by atoms with van der Waals surface area (Å²) in [4.78, 5) is 12.9. The predicted octanol–water partition coefficient (Wildman–Crippen LogP) is 4.95. The second-order valence-corrected chi connectivity index (χ2v) is 9.46. The van der Waals surface area contributed by atoms with Gasteiger partial charge in [-0.15, -0.1) is 0 Å². The van der Waals surface area contributed by atoms with E-state index in [4.69, 9.17) is 23.2 Å². The van der Waals surface area contributed by atoms with E-state index in [-0.39, 0.29) is 28.2 Å². The summed E-state index contributed by atoms with van der Waals surface area (Å²) >= 11 is 13.5. The summed E-state index contributed by atoms with van der Waals surface area (Å²) in [5, 5.41) is 7.68. The Bertz CT molecular complexity index is 1080. The zero-order chi connectivity index (χ0) is 20.3. The van der Waals surface area contributed by atoms with Gasteiger partial charge in [-0.3, -0.25) is 9.52 Å². The van der Waals surface area contributed by atoms with Crippen molar-refractivity contribution in [2.24, 2.45) is 0 Å². The Hall–Kier alpha value is -2.06. The van der Waals surface area contributed by atoms with Gasteiger partial charge in [0.2, 0.25) is 10.0 Å². The van der Waals surface area contributed by atoms with E-state index in [0.717, 1.165) is 17.4 Å². The van der Waals surface area contributed by atoms with Crippen LogP contribution >= 0.6 is 34.5 Å². The maximum Gasteiger partial charge on any atom is 0.252 e. The van der Waals surface area contributed by atoms with Crippen molar-refractivity contribution in [1.82, 2.24) is 5.32 Å². The number of benzene rings is 2. The van der Waals surface area contributed by atoms with Gasteiger partial charge in [-0.1, -0.05) is 35.3 Å². The maximum atomic E-state index is 12.9. The van der Waals surface area contributed by atoms with Gasteiger partial charge in [0.1, 0.15) is 0 Å². The van der Waals surface area contributed by atoms with Crippen molar-refractivity contribution < 1.29 is 13.2 Å². The van der Waals surface area contributed by atoms with Crippen LogP contribution in [-0.2, 0) is 10.0 Å². The molecule has 0 aliphatic heterocycles. The van der Waals surface area contributed by atoms with E-state index in [1.165, 1.54) is 29.5 Å². The van der Waals surface area contributed by atoms with Crippen LogP contribution in [-0.4, -0.2) is 20.6 Å². The van der Waals surface area contributed by atoms with Gasteiger partial charge in [0.05, 0.1) is 23.0 Å². The van der Waals surface area contributed by atoms with Crippen molar-refractivity contribution >= 4 is 56.2 Å². The average Bonchev–Trinajstić information content (AvgIpc) is 3.15. The molecule has 28 heavy (non-hydrogen) atoms. The molecule has 0 aliphatic rings. The molecule has 3 rings (SSSR count). The second-order valence-electron chi connectivity index (χ2n) is 6.08. The molecule has 1 unspecified atom stereocenters. The first-order valence-electron chi connectivity index (χ1n) is 8.09. The SMILES string of the molecule is CS(=O)(=O)Nc1cc(C(=O)NC(c2ccc(Cl)cc2)c2ccsc2)ccc1Cl. The first-order valence-corrected chi connectivity index (χ1v) is 11.7. The minimum atomic E-state index is -3.52. The Morgan fingerprint density at radius 1 is 1.04 bits per heavy atom. The fraction of sp³-hybridized carbons (Fsp3) is 0.105. The van der Waals surface area contributed by atoms with E-state index in [2.05, 4.69) is 10.0 Å². The van der Waals surface area contributed by atoms with E-state index in [0.29, 0.717) is 5.02 Å². The van der Waals surface area contributed by atoms with Gasteiger partial charge < -0.3 is 5.32 Å². The number of amides is 1. The minimum Gasteiger partial charge on any atom is -0.341 e. The van der Waals surface area contributed by atoms with Crippen molar-refractivity contribution in [2.75, 3.05) is 11.0 Å². The summed E-state index contributed by atoms with van der Waals surface area (Å²) in [7, 11) is -3.52. The van der Waals surface area contributed by atoms with Gasteiger partial charge in [0.15, 0.2) is 0 Å². The zero-order valence-corrected chi connectivity index (χ0v) is 17.8. The number of anilines is 1. The molecule has 3 aromatic rings. The summed E-state index contributed by atoms with van der Waals surface area (Å²) in [5.74, 6) is -0.362. The van der Waals surface area contributed by atoms with Gasteiger partial charge in [-0.25, -0.2) is 8.42 Å². The van der Waals surface area contributed by atoms with Crippen LogP contribution in [0.5, 0.6) is 0 Å². The van der Waals surface area contributed by atoms with Gasteiger partial charge in [0, 0.05) is 10.6 Å². The summed E-state index contributed by atoms with van der Waals surface area (Å²) in [5.41, 5.74) is 2.24. The number of thiophene rings is 1. The molecule has 0 saturated heterocycles. The highest BCUT2D eigenvalue weighted by molar-refractivity contribution is 7.92. The first-order chi connectivity index (χ1) is 13.2. The fourth-order valence-corrected chi connectivity index (χ4v) is 4.21. The standard InChI is InChI=1S/C19H16Cl2N2O3S2/c1-28(25,26)23-17-10-13(4-7-16(17)21)19(24)22-18(14-8-9-27-11-14)12-2-5-15(20)6-3-12/h2-11,18,23H,1H3,(H,22,24). The fourth-order valence-electron chi connectivity index (χ4n) is 2.61. The van der Waals surface area contributed by atoms with Crippen LogP contribution in [0, 0.1) is 0 Å². The monoisotopic (exact) mass is 454 g/mol. The predicted molar refractivity (Wildman–Crippen MR) is 115 cm³/mol. The number of nitrogens with one attached hydrogen (secondary N) is 2. The molecular weight excluding hydrogens is 439 g/mol. The Morgan fingerprint density at radius 3 is 2.36 bits per heavy atom. The average molecular weight is 455 g/mol. The molecule has 146 valence electrons. The Labute approximate surface area is 177 Å². The number of halogens is 2. The van der Waals surface area contributed by atoms with Gasteiger partial charge >= 0.3 is 0 Å². The Morgan fingerprint density at radius 2 is 1.75 bits per heavy atom. The number of hydrogen-bond acceptors (Lipinski definition) is 4. The van der Waals surface area contributed by atoms with Crippen LogP contribution in [0.15, 0.2) is 59.3 Å². The lowest BCUT2D eigenvalue weighted by atomic mass is 10.0. The highest BCUT2D eigenvalue weighted by Gasteiger charge is 2.19. The molecule has 5 nitrogen and oxygen atoms in total. The lowest BCUT2D eigenvalue weighted by Crippen LogP contribution is -2.29. The molecule has 2 N–H and O–H groups in total. The molecule has 0 radical (unpaired) electrons. The van der Waals surface area contributed by atoms with E-state index in [9.17, 15) is 13.2 Å². The van der Waals surface area contributed by atoms with E-state index in [1.807, 2.05) is 29.0 Å². The van der Waals surface area contributed by atoms with Crippen LogP contribution in [0.2, 0.25) is 10.0 Å². The van der Waals surface area contributed by atoms with Crippen molar-refractivity contribution in [3.8, 4) is 0 Å². The largest absolute Gasteiger partial charge is 0.341 e. The van der Waals surface area contributed by atoms with Crippen LogP contribution < -0.4 is 10.0 Å². The quantitative estimate of drug-likeness (QED) is 0.553. The molecule has 0 saturated carbocycles. The number of hydrogen-bond donors (Lipinski definition) is 2. The number of rotatable bonds is 6. The number of carbonyl (C=O) groups is 1.